The molecule has 0 saturated heterocycles. The van der Waals surface area contributed by atoms with Crippen LogP contribution >= 0.6 is 0 Å². The van der Waals surface area contributed by atoms with E-state index in [1.807, 2.05) is 27.7 Å². The van der Waals surface area contributed by atoms with Crippen LogP contribution in [0.25, 0.3) is 0 Å². The molecule has 5 N–H and O–H groups in total. The fourth-order valence-electron chi connectivity index (χ4n) is 1.84. The van der Waals surface area contributed by atoms with E-state index < -0.39 is 23.7 Å². The van der Waals surface area contributed by atoms with E-state index >= 15 is 0 Å². The van der Waals surface area contributed by atoms with Crippen LogP contribution in [0.4, 0.5) is 15.8 Å². The van der Waals surface area contributed by atoms with Crippen molar-refractivity contribution in [3.05, 3.63) is 24.0 Å². The van der Waals surface area contributed by atoms with Gasteiger partial charge in [0.15, 0.2) is 0 Å². The molecule has 0 heterocycles. The average molecular weight is 324 g/mol. The number of anilines is 2. The van der Waals surface area contributed by atoms with Gasteiger partial charge < -0.3 is 21.7 Å². The molecule has 7 heteroatoms. The van der Waals surface area contributed by atoms with E-state index in [1.54, 1.807) is 6.07 Å². The van der Waals surface area contributed by atoms with Gasteiger partial charge in [-0.1, -0.05) is 13.8 Å². The molecule has 1 rings (SSSR count). The number of carbonyl (C=O) groups excluding carboxylic acids is 2. The van der Waals surface area contributed by atoms with Crippen molar-refractivity contribution in [2.45, 2.75) is 39.8 Å². The second-order valence-corrected chi connectivity index (χ2v) is 6.02. The van der Waals surface area contributed by atoms with Crippen molar-refractivity contribution in [1.82, 2.24) is 5.32 Å². The Morgan fingerprint density at radius 3 is 2.39 bits per heavy atom. The molecule has 0 aromatic heterocycles. The maximum absolute atomic E-state index is 13.4. The molecule has 0 aliphatic rings. The highest BCUT2D eigenvalue weighted by Crippen LogP contribution is 2.23. The molecule has 0 fully saturated rings. The number of nitrogens with one attached hydrogen (secondary N) is 3. The normalized spacial score (nSPS) is 12.2. The predicted molar refractivity (Wildman–Crippen MR) is 89.6 cm³/mol. The molecule has 0 spiro atoms. The second kappa shape index (κ2) is 8.47. The molecule has 1 atom stereocenters. The van der Waals surface area contributed by atoms with Gasteiger partial charge in [-0.05, 0) is 38.0 Å². The average Bonchev–Trinajstić information content (AvgIpc) is 2.46. The van der Waals surface area contributed by atoms with Gasteiger partial charge in [0.25, 0.3) is 0 Å². The van der Waals surface area contributed by atoms with Crippen LogP contribution in [0.3, 0.4) is 0 Å². The molecule has 0 aliphatic carbocycles. The van der Waals surface area contributed by atoms with Gasteiger partial charge in [0.05, 0.1) is 24.0 Å². The number of benzene rings is 1. The number of hydrogen-bond donors (Lipinski definition) is 4. The van der Waals surface area contributed by atoms with Crippen molar-refractivity contribution < 1.29 is 14.0 Å². The number of carbonyl (C=O) groups is 2. The van der Waals surface area contributed by atoms with Gasteiger partial charge in [-0.3, -0.25) is 9.59 Å². The maximum atomic E-state index is 13.4. The van der Waals surface area contributed by atoms with Gasteiger partial charge in [-0.25, -0.2) is 4.39 Å². The lowest BCUT2D eigenvalue weighted by Gasteiger charge is -2.17. The molecular weight excluding hydrogens is 299 g/mol. The molecule has 23 heavy (non-hydrogen) atoms. The van der Waals surface area contributed by atoms with E-state index in [0.29, 0.717) is 11.4 Å². The van der Waals surface area contributed by atoms with Crippen molar-refractivity contribution in [1.29, 1.82) is 0 Å². The molecule has 0 bridgehead atoms. The summed E-state index contributed by atoms with van der Waals surface area (Å²) in [5.74, 6) is -1.33. The predicted octanol–water partition coefficient (Wildman–Crippen LogP) is 1.68. The fourth-order valence-corrected chi connectivity index (χ4v) is 1.84. The van der Waals surface area contributed by atoms with Gasteiger partial charge >= 0.3 is 0 Å². The maximum Gasteiger partial charge on any atom is 0.243 e. The molecular formula is C16H25FN4O2. The van der Waals surface area contributed by atoms with Crippen molar-refractivity contribution in [2.24, 2.45) is 11.7 Å². The van der Waals surface area contributed by atoms with Crippen LogP contribution in [0.15, 0.2) is 18.2 Å². The smallest absolute Gasteiger partial charge is 0.243 e. The van der Waals surface area contributed by atoms with Crippen LogP contribution in [0.2, 0.25) is 0 Å². The van der Waals surface area contributed by atoms with Gasteiger partial charge in [-0.15, -0.1) is 0 Å². The zero-order chi connectivity index (χ0) is 17.6. The van der Waals surface area contributed by atoms with Gasteiger partial charge in [-0.2, -0.15) is 0 Å². The summed E-state index contributed by atoms with van der Waals surface area (Å²) >= 11 is 0. The van der Waals surface area contributed by atoms with Crippen molar-refractivity contribution in [3.63, 3.8) is 0 Å². The van der Waals surface area contributed by atoms with Crippen LogP contribution in [0, 0.1) is 11.7 Å². The van der Waals surface area contributed by atoms with Crippen LogP contribution in [0.1, 0.15) is 27.7 Å². The Kier molecular flexibility index (Phi) is 6.96. The quantitative estimate of drug-likeness (QED) is 0.613. The first-order valence-electron chi connectivity index (χ1n) is 7.60. The summed E-state index contributed by atoms with van der Waals surface area (Å²) < 4.78 is 13.4. The molecule has 0 aliphatic heterocycles. The van der Waals surface area contributed by atoms with E-state index in [1.165, 1.54) is 12.1 Å². The zero-order valence-electron chi connectivity index (χ0n) is 13.9. The first-order valence-corrected chi connectivity index (χ1v) is 7.60. The third-order valence-corrected chi connectivity index (χ3v) is 3.14. The minimum Gasteiger partial charge on any atom is -0.381 e. The minimum atomic E-state index is -0.671. The van der Waals surface area contributed by atoms with E-state index in [-0.39, 0.29) is 18.5 Å². The van der Waals surface area contributed by atoms with Gasteiger partial charge in [0.1, 0.15) is 5.82 Å². The molecule has 6 nitrogen and oxygen atoms in total. The second-order valence-electron chi connectivity index (χ2n) is 6.02. The Labute approximate surface area is 136 Å². The summed E-state index contributed by atoms with van der Waals surface area (Å²) in [7, 11) is 0. The van der Waals surface area contributed by atoms with Crippen molar-refractivity contribution >= 4 is 23.2 Å². The molecule has 0 radical (unpaired) electrons. The topological polar surface area (TPSA) is 96.2 Å². The Morgan fingerprint density at radius 2 is 1.83 bits per heavy atom. The van der Waals surface area contributed by atoms with Crippen LogP contribution < -0.4 is 21.7 Å². The Morgan fingerprint density at radius 1 is 1.17 bits per heavy atom. The fraction of sp³-hybridized carbons (Fsp3) is 0.500. The summed E-state index contributed by atoms with van der Waals surface area (Å²) in [6.07, 6.45) is 0. The molecule has 0 unspecified atom stereocenters. The first kappa shape index (κ1) is 18.9. The molecule has 128 valence electrons. The lowest BCUT2D eigenvalue weighted by molar-refractivity contribution is -0.125. The summed E-state index contributed by atoms with van der Waals surface area (Å²) in [6, 6.07) is 3.54. The lowest BCUT2D eigenvalue weighted by Crippen LogP contribution is -2.46. The number of amides is 2. The van der Waals surface area contributed by atoms with E-state index in [2.05, 4.69) is 16.0 Å². The Balaban J connectivity index is 2.67. The standard InChI is InChI=1S/C16H25FN4O2/c1-9(2)15(18)16(23)19-8-14(22)21-13-7-11(17)5-6-12(13)20-10(3)4/h5-7,9-10,15,20H,8,18H2,1-4H3,(H,19,23)(H,21,22)/t15-/m0/s1. The highest BCUT2D eigenvalue weighted by Gasteiger charge is 2.18. The third kappa shape index (κ3) is 6.23. The zero-order valence-corrected chi connectivity index (χ0v) is 13.9. The summed E-state index contributed by atoms with van der Waals surface area (Å²) in [5, 5.41) is 8.17. The van der Waals surface area contributed by atoms with Crippen LogP contribution in [-0.4, -0.2) is 30.4 Å². The van der Waals surface area contributed by atoms with E-state index in [4.69, 9.17) is 5.73 Å². The number of nitrogens with two attached hydrogens (primary N) is 1. The number of halogens is 1. The van der Waals surface area contributed by atoms with E-state index in [0.717, 1.165) is 0 Å². The van der Waals surface area contributed by atoms with E-state index in [9.17, 15) is 14.0 Å². The number of rotatable bonds is 7. The van der Waals surface area contributed by atoms with Crippen LogP contribution in [0.5, 0.6) is 0 Å². The molecule has 1 aromatic carbocycles. The highest BCUT2D eigenvalue weighted by atomic mass is 19.1. The van der Waals surface area contributed by atoms with Crippen molar-refractivity contribution in [3.8, 4) is 0 Å². The highest BCUT2D eigenvalue weighted by molar-refractivity contribution is 5.97. The molecule has 1 aromatic rings. The third-order valence-electron chi connectivity index (χ3n) is 3.14. The minimum absolute atomic E-state index is 0.0249. The Bertz CT molecular complexity index is 561. The number of hydrogen-bond acceptors (Lipinski definition) is 4. The molecule has 0 saturated carbocycles. The van der Waals surface area contributed by atoms with Crippen LogP contribution in [-0.2, 0) is 9.59 Å². The van der Waals surface area contributed by atoms with Gasteiger partial charge in [0.2, 0.25) is 11.8 Å². The Hall–Kier alpha value is -2.15. The monoisotopic (exact) mass is 324 g/mol. The van der Waals surface area contributed by atoms with Crippen molar-refractivity contribution in [2.75, 3.05) is 17.2 Å². The molecule has 2 amide bonds. The largest absolute Gasteiger partial charge is 0.381 e. The first-order chi connectivity index (χ1) is 10.7. The lowest BCUT2D eigenvalue weighted by atomic mass is 10.1. The SMILES string of the molecule is CC(C)Nc1ccc(F)cc1NC(=O)CNC(=O)[C@@H](N)C(C)C. The summed E-state index contributed by atoms with van der Waals surface area (Å²) in [6.45, 7) is 7.28. The summed E-state index contributed by atoms with van der Waals surface area (Å²) in [4.78, 5) is 23.7. The van der Waals surface area contributed by atoms with Gasteiger partial charge in [0, 0.05) is 6.04 Å². The summed E-state index contributed by atoms with van der Waals surface area (Å²) in [5.41, 5.74) is 6.63.